The predicted octanol–water partition coefficient (Wildman–Crippen LogP) is 4.06. The molecule has 3 saturated heterocycles. The first-order valence-corrected chi connectivity index (χ1v) is 14.7. The number of thioether (sulfide) groups is 1. The fraction of sp³-hybridized carbons (Fsp3) is 0.516. The van der Waals surface area contributed by atoms with Gasteiger partial charge in [-0.25, -0.2) is 0 Å². The Balaban J connectivity index is 1.52. The molecule has 2 unspecified atom stereocenters. The third-order valence-electron chi connectivity index (χ3n) is 9.02. The van der Waals surface area contributed by atoms with Crippen LogP contribution >= 0.6 is 11.8 Å². The van der Waals surface area contributed by atoms with Crippen LogP contribution in [-0.2, 0) is 20.9 Å². The van der Waals surface area contributed by atoms with Crippen LogP contribution in [0.25, 0.3) is 0 Å². The standard InChI is InChI=1S/C31H39N3O4S/c1-18(2)23(17-35)34-26(28(37)33-22-15-19(3)11-12-20(22)4)31-14-13-30(5,39-31)24(25(31)29(34)38)27(36)32-16-21-9-7-6-8-10-21/h6-12,15,18,23-26,35H,13-14,16-17H2,1-5H3,(H,32,36)(H,33,37)/t23-,24+,25-,26?,30-,31?/m0/s1. The number of likely N-dealkylation sites (tertiary alicyclic amines) is 1. The Hall–Kier alpha value is -2.84. The largest absolute Gasteiger partial charge is 0.394 e. The molecule has 2 aromatic rings. The lowest BCUT2D eigenvalue weighted by Gasteiger charge is -2.38. The first-order valence-electron chi connectivity index (χ1n) is 13.9. The van der Waals surface area contributed by atoms with Gasteiger partial charge in [0.1, 0.15) is 6.04 Å². The van der Waals surface area contributed by atoms with Gasteiger partial charge in [-0.3, -0.25) is 14.4 Å². The molecule has 3 N–H and O–H groups in total. The van der Waals surface area contributed by atoms with E-state index < -0.39 is 33.4 Å². The quantitative estimate of drug-likeness (QED) is 0.461. The number of anilines is 1. The molecule has 2 aromatic carbocycles. The number of carbonyl (C=O) groups is 3. The van der Waals surface area contributed by atoms with E-state index in [1.54, 1.807) is 16.7 Å². The van der Waals surface area contributed by atoms with Crippen LogP contribution in [0.5, 0.6) is 0 Å². The summed E-state index contributed by atoms with van der Waals surface area (Å²) in [6.07, 6.45) is 1.42. The highest BCUT2D eigenvalue weighted by atomic mass is 32.2. The second kappa shape index (κ2) is 10.3. The van der Waals surface area contributed by atoms with E-state index in [0.717, 1.165) is 28.8 Å². The number of amides is 3. The van der Waals surface area contributed by atoms with E-state index in [-0.39, 0.29) is 30.2 Å². The van der Waals surface area contributed by atoms with Crippen molar-refractivity contribution in [3.05, 3.63) is 65.2 Å². The Morgan fingerprint density at radius 3 is 2.49 bits per heavy atom. The third-order valence-corrected chi connectivity index (χ3v) is 11.0. The normalized spacial score (nSPS) is 30.0. The van der Waals surface area contributed by atoms with E-state index in [0.29, 0.717) is 13.0 Å². The first-order chi connectivity index (χ1) is 18.5. The molecular weight excluding hydrogens is 510 g/mol. The number of hydrogen-bond donors (Lipinski definition) is 3. The van der Waals surface area contributed by atoms with Crippen molar-refractivity contribution in [1.29, 1.82) is 0 Å². The number of fused-ring (bicyclic) bond motifs is 1. The van der Waals surface area contributed by atoms with Crippen LogP contribution in [0.2, 0.25) is 0 Å². The van der Waals surface area contributed by atoms with Gasteiger partial charge >= 0.3 is 0 Å². The number of carbonyl (C=O) groups excluding carboxylic acids is 3. The highest BCUT2D eigenvalue weighted by molar-refractivity contribution is 8.02. The number of hydrogen-bond acceptors (Lipinski definition) is 5. The van der Waals surface area contributed by atoms with Crippen molar-refractivity contribution in [1.82, 2.24) is 10.2 Å². The van der Waals surface area contributed by atoms with E-state index in [1.807, 2.05) is 76.2 Å². The molecule has 1 spiro atoms. The van der Waals surface area contributed by atoms with Crippen molar-refractivity contribution in [2.75, 3.05) is 11.9 Å². The SMILES string of the molecule is Cc1ccc(C)c(NC(=O)C2N([C@@H](CO)C(C)C)C(=O)[C@@H]3[C@H](C(=O)NCc4ccccc4)[C@]4(C)CCC23S4)c1. The van der Waals surface area contributed by atoms with E-state index in [9.17, 15) is 19.5 Å². The molecule has 3 aliphatic rings. The maximum atomic E-state index is 14.3. The molecule has 7 nitrogen and oxygen atoms in total. The summed E-state index contributed by atoms with van der Waals surface area (Å²) >= 11 is 1.65. The van der Waals surface area contributed by atoms with Crippen LogP contribution in [0, 0.1) is 31.6 Å². The molecule has 0 aromatic heterocycles. The summed E-state index contributed by atoms with van der Waals surface area (Å²) < 4.78 is -1.18. The van der Waals surface area contributed by atoms with Gasteiger partial charge in [0.2, 0.25) is 17.7 Å². The van der Waals surface area contributed by atoms with Crippen molar-refractivity contribution in [2.24, 2.45) is 17.8 Å². The van der Waals surface area contributed by atoms with Crippen molar-refractivity contribution < 1.29 is 19.5 Å². The maximum Gasteiger partial charge on any atom is 0.248 e. The van der Waals surface area contributed by atoms with Gasteiger partial charge in [0.25, 0.3) is 0 Å². The van der Waals surface area contributed by atoms with Crippen molar-refractivity contribution >= 4 is 35.2 Å². The van der Waals surface area contributed by atoms with E-state index >= 15 is 0 Å². The van der Waals surface area contributed by atoms with Gasteiger partial charge in [0.15, 0.2) is 0 Å². The molecule has 3 amide bonds. The molecule has 6 atom stereocenters. The number of aryl methyl sites for hydroxylation is 2. The molecule has 3 heterocycles. The minimum Gasteiger partial charge on any atom is -0.394 e. The van der Waals surface area contributed by atoms with Gasteiger partial charge in [-0.2, -0.15) is 0 Å². The van der Waals surface area contributed by atoms with Crippen LogP contribution in [0.15, 0.2) is 48.5 Å². The highest BCUT2D eigenvalue weighted by Crippen LogP contribution is 2.71. The molecule has 39 heavy (non-hydrogen) atoms. The minimum absolute atomic E-state index is 0.0617. The summed E-state index contributed by atoms with van der Waals surface area (Å²) in [5, 5.41) is 16.6. The second-order valence-corrected chi connectivity index (χ2v) is 13.9. The zero-order chi connectivity index (χ0) is 28.1. The van der Waals surface area contributed by atoms with Crippen LogP contribution in [0.4, 0.5) is 5.69 Å². The predicted molar refractivity (Wildman–Crippen MR) is 154 cm³/mol. The fourth-order valence-electron chi connectivity index (χ4n) is 7.01. The monoisotopic (exact) mass is 549 g/mol. The average Bonchev–Trinajstić information content (AvgIpc) is 3.46. The molecule has 3 fully saturated rings. The van der Waals surface area contributed by atoms with Gasteiger partial charge in [-0.15, -0.1) is 11.8 Å². The molecule has 5 rings (SSSR count). The molecule has 0 radical (unpaired) electrons. The van der Waals surface area contributed by atoms with Gasteiger partial charge in [0.05, 0.1) is 29.2 Å². The maximum absolute atomic E-state index is 14.3. The third kappa shape index (κ3) is 4.55. The lowest BCUT2D eigenvalue weighted by Crippen LogP contribution is -2.56. The van der Waals surface area contributed by atoms with E-state index in [4.69, 9.17) is 0 Å². The Morgan fingerprint density at radius 2 is 1.82 bits per heavy atom. The highest BCUT2D eigenvalue weighted by Gasteiger charge is 2.77. The first kappa shape index (κ1) is 27.7. The molecular formula is C31H39N3O4S. The van der Waals surface area contributed by atoms with E-state index in [1.165, 1.54) is 0 Å². The van der Waals surface area contributed by atoms with Gasteiger partial charge in [0, 0.05) is 17.0 Å². The van der Waals surface area contributed by atoms with Crippen LogP contribution < -0.4 is 10.6 Å². The van der Waals surface area contributed by atoms with Crippen LogP contribution in [0.1, 0.15) is 50.3 Å². The Labute approximate surface area is 235 Å². The smallest absolute Gasteiger partial charge is 0.248 e. The summed E-state index contributed by atoms with van der Waals surface area (Å²) in [6.45, 7) is 10.0. The Morgan fingerprint density at radius 1 is 1.10 bits per heavy atom. The molecule has 208 valence electrons. The number of aliphatic hydroxyl groups excluding tert-OH is 1. The minimum atomic E-state index is -0.784. The summed E-state index contributed by atoms with van der Waals surface area (Å²) in [4.78, 5) is 43.9. The van der Waals surface area contributed by atoms with Gasteiger partial charge < -0.3 is 20.6 Å². The fourth-order valence-corrected chi connectivity index (χ4v) is 9.35. The zero-order valence-corrected chi connectivity index (χ0v) is 24.2. The van der Waals surface area contributed by atoms with Crippen molar-refractivity contribution in [2.45, 2.75) is 75.6 Å². The number of benzene rings is 2. The number of rotatable bonds is 8. The molecule has 2 bridgehead atoms. The van der Waals surface area contributed by atoms with E-state index in [2.05, 4.69) is 17.6 Å². The second-order valence-electron chi connectivity index (χ2n) is 12.0. The molecule has 0 saturated carbocycles. The zero-order valence-electron chi connectivity index (χ0n) is 23.4. The lowest BCUT2D eigenvalue weighted by molar-refractivity contribution is -0.143. The average molecular weight is 550 g/mol. The van der Waals surface area contributed by atoms with Crippen molar-refractivity contribution in [3.8, 4) is 0 Å². The van der Waals surface area contributed by atoms with Crippen LogP contribution in [-0.4, -0.2) is 55.9 Å². The number of nitrogens with zero attached hydrogens (tertiary/aromatic N) is 1. The summed E-state index contributed by atoms with van der Waals surface area (Å²) in [5.41, 5.74) is 3.68. The van der Waals surface area contributed by atoms with Gasteiger partial charge in [-0.05, 0) is 62.3 Å². The van der Waals surface area contributed by atoms with Crippen molar-refractivity contribution in [3.63, 3.8) is 0 Å². The molecule has 3 aliphatic heterocycles. The topological polar surface area (TPSA) is 98.7 Å². The van der Waals surface area contributed by atoms with Gasteiger partial charge in [-0.1, -0.05) is 56.3 Å². The molecule has 0 aliphatic carbocycles. The Kier molecular flexibility index (Phi) is 7.31. The number of nitrogens with one attached hydrogen (secondary N) is 2. The van der Waals surface area contributed by atoms with Crippen LogP contribution in [0.3, 0.4) is 0 Å². The molecule has 8 heteroatoms. The summed E-state index contributed by atoms with van der Waals surface area (Å²) in [6, 6.07) is 14.3. The number of aliphatic hydroxyl groups is 1. The summed E-state index contributed by atoms with van der Waals surface area (Å²) in [5.74, 6) is -1.83. The Bertz CT molecular complexity index is 1280. The lowest BCUT2D eigenvalue weighted by atomic mass is 9.66. The summed E-state index contributed by atoms with van der Waals surface area (Å²) in [7, 11) is 0.